The fourth-order valence-electron chi connectivity index (χ4n) is 4.68. The highest BCUT2D eigenvalue weighted by molar-refractivity contribution is 5.92. The number of rotatable bonds is 6. The molecule has 0 N–H and O–H groups in total. The van der Waals surface area contributed by atoms with E-state index in [0.29, 0.717) is 25.1 Å². The molecule has 0 bridgehead atoms. The molecule has 2 atom stereocenters. The highest BCUT2D eigenvalue weighted by atomic mass is 19.1. The second-order valence-electron chi connectivity index (χ2n) is 8.63. The summed E-state index contributed by atoms with van der Waals surface area (Å²) in [5.74, 6) is -0.185. The summed E-state index contributed by atoms with van der Waals surface area (Å²) in [6, 6.07) is -0.296. The summed E-state index contributed by atoms with van der Waals surface area (Å²) >= 11 is 0. The minimum atomic E-state index is -1.05. The zero-order valence-corrected chi connectivity index (χ0v) is 18.4. The Morgan fingerprint density at radius 2 is 1.97 bits per heavy atom. The van der Waals surface area contributed by atoms with Crippen molar-refractivity contribution in [2.75, 3.05) is 19.6 Å². The number of hydrogen-bond donors (Lipinski definition) is 0. The van der Waals surface area contributed by atoms with Gasteiger partial charge in [0.25, 0.3) is 5.91 Å². The summed E-state index contributed by atoms with van der Waals surface area (Å²) in [6.07, 6.45) is 3.74. The molecular weight excluding hydrogens is 401 g/mol. The first-order valence-corrected chi connectivity index (χ1v) is 11.0. The van der Waals surface area contributed by atoms with Gasteiger partial charge in [-0.15, -0.1) is 5.10 Å². The van der Waals surface area contributed by atoms with Crippen molar-refractivity contribution in [1.82, 2.24) is 34.6 Å². The van der Waals surface area contributed by atoms with Gasteiger partial charge in [-0.25, -0.2) is 9.07 Å². The lowest BCUT2D eigenvalue weighted by Gasteiger charge is -2.24. The van der Waals surface area contributed by atoms with Crippen LogP contribution in [0.5, 0.6) is 0 Å². The smallest absolute Gasteiger partial charge is 0.276 e. The van der Waals surface area contributed by atoms with Crippen LogP contribution in [-0.4, -0.2) is 78.2 Å². The third-order valence-corrected chi connectivity index (χ3v) is 6.48. The van der Waals surface area contributed by atoms with E-state index >= 15 is 0 Å². The first kappa shape index (κ1) is 21.5. The molecular formula is C21H30FN7O2. The minimum absolute atomic E-state index is 0.0683. The van der Waals surface area contributed by atoms with Crippen LogP contribution in [0.3, 0.4) is 0 Å². The molecule has 10 heteroatoms. The third-order valence-electron chi connectivity index (χ3n) is 6.48. The molecule has 2 aliphatic heterocycles. The maximum absolute atomic E-state index is 14.2. The van der Waals surface area contributed by atoms with Gasteiger partial charge in [-0.3, -0.25) is 14.3 Å². The molecule has 0 saturated carbocycles. The lowest BCUT2D eigenvalue weighted by molar-refractivity contribution is -0.132. The number of aromatic nitrogens is 5. The summed E-state index contributed by atoms with van der Waals surface area (Å²) in [5.41, 5.74) is 3.35. The number of halogens is 1. The van der Waals surface area contributed by atoms with E-state index < -0.39 is 6.17 Å². The third kappa shape index (κ3) is 4.47. The fraction of sp³-hybridized carbons (Fsp3) is 0.667. The molecule has 0 radical (unpaired) electrons. The van der Waals surface area contributed by atoms with Crippen molar-refractivity contribution in [2.24, 2.45) is 7.05 Å². The van der Waals surface area contributed by atoms with Crippen LogP contribution in [0.25, 0.3) is 0 Å². The van der Waals surface area contributed by atoms with E-state index in [1.54, 1.807) is 20.7 Å². The maximum atomic E-state index is 14.2. The molecule has 0 unspecified atom stereocenters. The van der Waals surface area contributed by atoms with E-state index in [4.69, 9.17) is 0 Å². The first-order valence-electron chi connectivity index (χ1n) is 11.0. The maximum Gasteiger partial charge on any atom is 0.276 e. The molecule has 2 saturated heterocycles. The Kier molecular flexibility index (Phi) is 6.06. The molecule has 4 heterocycles. The summed E-state index contributed by atoms with van der Waals surface area (Å²) in [7, 11) is 1.89. The summed E-state index contributed by atoms with van der Waals surface area (Å²) in [6.45, 7) is 5.85. The number of hydrogen-bond acceptors (Lipinski definition) is 5. The predicted octanol–water partition coefficient (Wildman–Crippen LogP) is 1.44. The number of carbonyl (C=O) groups is 2. The molecule has 0 aromatic carbocycles. The lowest BCUT2D eigenvalue weighted by atomic mass is 10.1. The van der Waals surface area contributed by atoms with Crippen LogP contribution in [0.15, 0.2) is 6.20 Å². The first-order chi connectivity index (χ1) is 14.8. The zero-order valence-electron chi connectivity index (χ0n) is 18.4. The van der Waals surface area contributed by atoms with E-state index in [9.17, 15) is 14.0 Å². The number of nitrogens with zero attached hydrogens (tertiary/aromatic N) is 7. The number of amides is 2. The van der Waals surface area contributed by atoms with Gasteiger partial charge < -0.3 is 9.80 Å². The number of alkyl halides is 1. The van der Waals surface area contributed by atoms with Crippen LogP contribution in [-0.2, 0) is 24.8 Å². The summed E-state index contributed by atoms with van der Waals surface area (Å²) < 4.78 is 17.6. The molecule has 2 aromatic heterocycles. The van der Waals surface area contributed by atoms with Crippen LogP contribution >= 0.6 is 0 Å². The van der Waals surface area contributed by atoms with Gasteiger partial charge in [-0.2, -0.15) is 5.10 Å². The SMILES string of the molecule is Cc1nn(C)c(C)c1CCC(=O)N1C[C@@H](F)C[C@H]1Cn1cc(C(=O)N2CCCC2)nn1. The van der Waals surface area contributed by atoms with Gasteiger partial charge >= 0.3 is 0 Å². The lowest BCUT2D eigenvalue weighted by Crippen LogP contribution is -2.38. The van der Waals surface area contributed by atoms with Crippen molar-refractivity contribution in [3.8, 4) is 0 Å². The molecule has 2 aliphatic rings. The van der Waals surface area contributed by atoms with Crippen molar-refractivity contribution in [3.63, 3.8) is 0 Å². The molecule has 9 nitrogen and oxygen atoms in total. The second kappa shape index (κ2) is 8.76. The molecule has 31 heavy (non-hydrogen) atoms. The van der Waals surface area contributed by atoms with E-state index in [1.807, 2.05) is 25.6 Å². The molecule has 4 rings (SSSR count). The fourth-order valence-corrected chi connectivity index (χ4v) is 4.68. The Balaban J connectivity index is 1.38. The van der Waals surface area contributed by atoms with Gasteiger partial charge in [0.05, 0.1) is 31.0 Å². The molecule has 168 valence electrons. The predicted molar refractivity (Wildman–Crippen MR) is 111 cm³/mol. The quantitative estimate of drug-likeness (QED) is 0.691. The average Bonchev–Trinajstić information content (AvgIpc) is 3.51. The van der Waals surface area contributed by atoms with Gasteiger partial charge in [-0.05, 0) is 38.7 Å². The number of carbonyl (C=O) groups excluding carboxylic acids is 2. The van der Waals surface area contributed by atoms with Gasteiger partial charge in [0.1, 0.15) is 6.17 Å². The van der Waals surface area contributed by atoms with Crippen LogP contribution in [0, 0.1) is 13.8 Å². The largest absolute Gasteiger partial charge is 0.337 e. The van der Waals surface area contributed by atoms with Gasteiger partial charge in [-0.1, -0.05) is 5.21 Å². The average molecular weight is 432 g/mol. The highest BCUT2D eigenvalue weighted by Crippen LogP contribution is 2.24. The van der Waals surface area contributed by atoms with Crippen molar-refractivity contribution in [2.45, 2.75) is 64.7 Å². The van der Waals surface area contributed by atoms with Crippen molar-refractivity contribution in [3.05, 3.63) is 28.8 Å². The number of likely N-dealkylation sites (tertiary alicyclic amines) is 2. The molecule has 2 amide bonds. The van der Waals surface area contributed by atoms with Crippen LogP contribution in [0.1, 0.15) is 53.1 Å². The number of aryl methyl sites for hydroxylation is 2. The Hall–Kier alpha value is -2.78. The highest BCUT2D eigenvalue weighted by Gasteiger charge is 2.36. The zero-order chi connectivity index (χ0) is 22.1. The second-order valence-corrected chi connectivity index (χ2v) is 8.63. The van der Waals surface area contributed by atoms with E-state index in [0.717, 1.165) is 42.9 Å². The summed E-state index contributed by atoms with van der Waals surface area (Å²) in [5, 5.41) is 12.5. The van der Waals surface area contributed by atoms with Crippen molar-refractivity contribution >= 4 is 11.8 Å². The minimum Gasteiger partial charge on any atom is -0.337 e. The van der Waals surface area contributed by atoms with Gasteiger partial charge in [0.15, 0.2) is 5.69 Å². The normalized spacial score (nSPS) is 21.3. The van der Waals surface area contributed by atoms with Crippen LogP contribution in [0.4, 0.5) is 4.39 Å². The van der Waals surface area contributed by atoms with Crippen molar-refractivity contribution < 1.29 is 14.0 Å². The van der Waals surface area contributed by atoms with Gasteiger partial charge in [0, 0.05) is 38.7 Å². The molecule has 2 aromatic rings. The monoisotopic (exact) mass is 431 g/mol. The van der Waals surface area contributed by atoms with Crippen LogP contribution < -0.4 is 0 Å². The Morgan fingerprint density at radius 3 is 2.65 bits per heavy atom. The molecule has 0 aliphatic carbocycles. The van der Waals surface area contributed by atoms with Crippen LogP contribution in [0.2, 0.25) is 0 Å². The standard InChI is InChI=1S/C21H30FN7O2/c1-14-18(15(2)26(3)24-14)6-7-20(30)29-11-16(22)10-17(29)12-28-13-19(23-25-28)21(31)27-8-4-5-9-27/h13,16-17H,4-12H2,1-3H3/t16-,17-/m0/s1. The summed E-state index contributed by atoms with van der Waals surface area (Å²) in [4.78, 5) is 28.8. The van der Waals surface area contributed by atoms with Crippen molar-refractivity contribution in [1.29, 1.82) is 0 Å². The van der Waals surface area contributed by atoms with E-state index in [-0.39, 0.29) is 30.8 Å². The Labute approximate surface area is 181 Å². The van der Waals surface area contributed by atoms with E-state index in [1.165, 1.54) is 0 Å². The molecule has 0 spiro atoms. The Bertz CT molecular complexity index is 963. The van der Waals surface area contributed by atoms with E-state index in [2.05, 4.69) is 15.4 Å². The Morgan fingerprint density at radius 1 is 1.23 bits per heavy atom. The topological polar surface area (TPSA) is 89.2 Å². The molecule has 2 fully saturated rings. The van der Waals surface area contributed by atoms with Gasteiger partial charge in [0.2, 0.25) is 5.91 Å².